The van der Waals surface area contributed by atoms with Crippen LogP contribution in [0.15, 0.2) is 30.6 Å². The Morgan fingerprint density at radius 1 is 1.20 bits per heavy atom. The Hall–Kier alpha value is -2.42. The predicted octanol–water partition coefficient (Wildman–Crippen LogP) is 1.53. The van der Waals surface area contributed by atoms with Crippen molar-refractivity contribution in [1.29, 1.82) is 0 Å². The fraction of sp³-hybridized carbons (Fsp3) is 0.438. The SMILES string of the molecule is CC(C)n1cnnc1CN(C)C(=O)c1ccc(N(C)S(C)(=O)=O)cc1. The maximum Gasteiger partial charge on any atom is 0.254 e. The third kappa shape index (κ3) is 4.36. The van der Waals surface area contributed by atoms with Crippen LogP contribution in [0.3, 0.4) is 0 Å². The minimum Gasteiger partial charge on any atom is -0.334 e. The van der Waals surface area contributed by atoms with E-state index >= 15 is 0 Å². The third-order valence-corrected chi connectivity index (χ3v) is 5.11. The number of sulfonamides is 1. The van der Waals surface area contributed by atoms with E-state index in [2.05, 4.69) is 10.2 Å². The Bertz CT molecular complexity index is 843. The molecule has 0 saturated carbocycles. The molecule has 0 aliphatic heterocycles. The van der Waals surface area contributed by atoms with Crippen LogP contribution in [-0.4, -0.2) is 54.3 Å². The second kappa shape index (κ2) is 7.22. The number of amides is 1. The van der Waals surface area contributed by atoms with Gasteiger partial charge in [0, 0.05) is 25.7 Å². The molecule has 0 fully saturated rings. The van der Waals surface area contributed by atoms with E-state index in [1.807, 2.05) is 18.4 Å². The summed E-state index contributed by atoms with van der Waals surface area (Å²) in [7, 11) is -0.171. The van der Waals surface area contributed by atoms with Crippen molar-refractivity contribution in [2.24, 2.45) is 0 Å². The lowest BCUT2D eigenvalue weighted by Crippen LogP contribution is -2.28. The van der Waals surface area contributed by atoms with Crippen molar-refractivity contribution in [3.63, 3.8) is 0 Å². The molecule has 0 bridgehead atoms. The summed E-state index contributed by atoms with van der Waals surface area (Å²) in [6.45, 7) is 4.37. The minimum absolute atomic E-state index is 0.174. The van der Waals surface area contributed by atoms with Gasteiger partial charge in [-0.25, -0.2) is 8.42 Å². The number of hydrogen-bond donors (Lipinski definition) is 0. The predicted molar refractivity (Wildman–Crippen MR) is 95.9 cm³/mol. The molecule has 1 aromatic carbocycles. The van der Waals surface area contributed by atoms with Crippen molar-refractivity contribution in [3.05, 3.63) is 42.0 Å². The van der Waals surface area contributed by atoms with E-state index in [-0.39, 0.29) is 11.9 Å². The minimum atomic E-state index is -3.33. The summed E-state index contributed by atoms with van der Waals surface area (Å²) in [5.41, 5.74) is 0.977. The zero-order valence-electron chi connectivity index (χ0n) is 15.0. The van der Waals surface area contributed by atoms with Gasteiger partial charge < -0.3 is 9.47 Å². The van der Waals surface area contributed by atoms with Crippen molar-refractivity contribution in [3.8, 4) is 0 Å². The van der Waals surface area contributed by atoms with Crippen LogP contribution in [0.5, 0.6) is 0 Å². The number of aromatic nitrogens is 3. The quantitative estimate of drug-likeness (QED) is 0.774. The lowest BCUT2D eigenvalue weighted by Gasteiger charge is -2.20. The van der Waals surface area contributed by atoms with Gasteiger partial charge in [0.1, 0.15) is 6.33 Å². The average molecular weight is 365 g/mol. The second-order valence-corrected chi connectivity index (χ2v) is 8.20. The third-order valence-electron chi connectivity index (χ3n) is 3.90. The second-order valence-electron chi connectivity index (χ2n) is 6.19. The van der Waals surface area contributed by atoms with Gasteiger partial charge in [0.25, 0.3) is 5.91 Å². The molecule has 0 saturated heterocycles. The van der Waals surface area contributed by atoms with Gasteiger partial charge in [-0.05, 0) is 38.1 Å². The van der Waals surface area contributed by atoms with E-state index in [0.717, 1.165) is 10.6 Å². The zero-order valence-corrected chi connectivity index (χ0v) is 15.9. The van der Waals surface area contributed by atoms with Gasteiger partial charge >= 0.3 is 0 Å². The molecular formula is C16H23N5O3S. The van der Waals surface area contributed by atoms with Crippen LogP contribution in [0.25, 0.3) is 0 Å². The van der Waals surface area contributed by atoms with Crippen molar-refractivity contribution in [2.45, 2.75) is 26.4 Å². The molecule has 0 aliphatic rings. The van der Waals surface area contributed by atoms with E-state index in [4.69, 9.17) is 0 Å². The largest absolute Gasteiger partial charge is 0.334 e. The molecule has 1 amide bonds. The van der Waals surface area contributed by atoms with Gasteiger partial charge in [0.15, 0.2) is 5.82 Å². The molecule has 0 atom stereocenters. The summed E-state index contributed by atoms with van der Waals surface area (Å²) in [5.74, 6) is 0.533. The molecule has 0 radical (unpaired) electrons. The van der Waals surface area contributed by atoms with E-state index < -0.39 is 10.0 Å². The molecule has 2 aromatic rings. The standard InChI is InChI=1S/C16H23N5O3S/c1-12(2)21-11-17-18-15(21)10-19(3)16(22)13-6-8-14(9-7-13)20(4)25(5,23)24/h6-9,11-12H,10H2,1-5H3. The summed E-state index contributed by atoms with van der Waals surface area (Å²) in [5, 5.41) is 7.96. The molecule has 1 heterocycles. The van der Waals surface area contributed by atoms with Gasteiger partial charge in [-0.1, -0.05) is 0 Å². The molecule has 1 aromatic heterocycles. The molecule has 0 aliphatic carbocycles. The summed E-state index contributed by atoms with van der Waals surface area (Å²) in [6.07, 6.45) is 2.78. The number of anilines is 1. The first-order chi connectivity index (χ1) is 11.6. The average Bonchev–Trinajstić information content (AvgIpc) is 3.01. The number of carbonyl (C=O) groups excluding carboxylic acids is 1. The van der Waals surface area contributed by atoms with Crippen LogP contribution in [0, 0.1) is 0 Å². The molecule has 0 N–H and O–H groups in total. The summed E-state index contributed by atoms with van der Waals surface area (Å²) >= 11 is 0. The Kier molecular flexibility index (Phi) is 5.46. The number of benzene rings is 1. The van der Waals surface area contributed by atoms with E-state index in [1.54, 1.807) is 42.5 Å². The van der Waals surface area contributed by atoms with Gasteiger partial charge in [0.05, 0.1) is 18.5 Å². The lowest BCUT2D eigenvalue weighted by atomic mass is 10.2. The van der Waals surface area contributed by atoms with Crippen molar-refractivity contribution in [1.82, 2.24) is 19.7 Å². The molecule has 8 nitrogen and oxygen atoms in total. The highest BCUT2D eigenvalue weighted by atomic mass is 32.2. The van der Waals surface area contributed by atoms with Crippen LogP contribution >= 0.6 is 0 Å². The maximum atomic E-state index is 12.6. The van der Waals surface area contributed by atoms with Crippen LogP contribution in [-0.2, 0) is 16.6 Å². The fourth-order valence-corrected chi connectivity index (χ4v) is 2.83. The van der Waals surface area contributed by atoms with Gasteiger partial charge in [0.2, 0.25) is 10.0 Å². The number of hydrogen-bond acceptors (Lipinski definition) is 5. The number of rotatable bonds is 6. The Labute approximate surface area is 148 Å². The first kappa shape index (κ1) is 18.9. The molecule has 136 valence electrons. The smallest absolute Gasteiger partial charge is 0.254 e. The first-order valence-electron chi connectivity index (χ1n) is 7.79. The van der Waals surface area contributed by atoms with Crippen LogP contribution in [0.2, 0.25) is 0 Å². The Balaban J connectivity index is 2.13. The van der Waals surface area contributed by atoms with Crippen LogP contribution in [0.4, 0.5) is 5.69 Å². The normalized spacial score (nSPS) is 11.6. The van der Waals surface area contributed by atoms with E-state index in [9.17, 15) is 13.2 Å². The molecule has 9 heteroatoms. The molecular weight excluding hydrogens is 342 g/mol. The van der Waals surface area contributed by atoms with E-state index in [0.29, 0.717) is 23.6 Å². The highest BCUT2D eigenvalue weighted by molar-refractivity contribution is 7.92. The Morgan fingerprint density at radius 3 is 2.32 bits per heavy atom. The number of nitrogens with zero attached hydrogens (tertiary/aromatic N) is 5. The van der Waals surface area contributed by atoms with Crippen molar-refractivity contribution >= 4 is 21.6 Å². The summed E-state index contributed by atoms with van der Waals surface area (Å²) in [6, 6.07) is 6.66. The zero-order chi connectivity index (χ0) is 18.8. The molecule has 0 spiro atoms. The molecule has 2 rings (SSSR count). The monoisotopic (exact) mass is 365 g/mol. The number of carbonyl (C=O) groups is 1. The van der Waals surface area contributed by atoms with Gasteiger partial charge in [-0.15, -0.1) is 10.2 Å². The lowest BCUT2D eigenvalue weighted by molar-refractivity contribution is 0.0779. The van der Waals surface area contributed by atoms with Gasteiger partial charge in [-0.3, -0.25) is 9.10 Å². The highest BCUT2D eigenvalue weighted by Crippen LogP contribution is 2.17. The fourth-order valence-electron chi connectivity index (χ4n) is 2.32. The summed E-state index contributed by atoms with van der Waals surface area (Å²) < 4.78 is 26.2. The van der Waals surface area contributed by atoms with Crippen molar-refractivity contribution < 1.29 is 13.2 Å². The molecule has 0 unspecified atom stereocenters. The first-order valence-corrected chi connectivity index (χ1v) is 9.64. The topological polar surface area (TPSA) is 88.4 Å². The molecule has 25 heavy (non-hydrogen) atoms. The van der Waals surface area contributed by atoms with Crippen LogP contribution < -0.4 is 4.31 Å². The maximum absolute atomic E-state index is 12.6. The summed E-state index contributed by atoms with van der Waals surface area (Å²) in [4.78, 5) is 14.1. The Morgan fingerprint density at radius 2 is 1.80 bits per heavy atom. The van der Waals surface area contributed by atoms with E-state index in [1.165, 1.54) is 7.05 Å². The highest BCUT2D eigenvalue weighted by Gasteiger charge is 2.17. The van der Waals surface area contributed by atoms with Gasteiger partial charge in [-0.2, -0.15) is 0 Å². The van der Waals surface area contributed by atoms with Crippen molar-refractivity contribution in [2.75, 3.05) is 24.7 Å². The van der Waals surface area contributed by atoms with Crippen LogP contribution in [0.1, 0.15) is 36.1 Å².